The molecule has 2 nitrogen and oxygen atoms in total. The predicted molar refractivity (Wildman–Crippen MR) is 71.0 cm³/mol. The fourth-order valence-corrected chi connectivity index (χ4v) is 2.52. The fourth-order valence-electron chi connectivity index (χ4n) is 2.52. The molecule has 2 heteroatoms. The van der Waals surface area contributed by atoms with Crippen molar-refractivity contribution in [2.24, 2.45) is 11.7 Å². The minimum Gasteiger partial charge on any atom is -0.378 e. The van der Waals surface area contributed by atoms with E-state index in [4.69, 9.17) is 10.5 Å². The smallest absolute Gasteiger partial charge is 0.0579 e. The van der Waals surface area contributed by atoms with Crippen molar-refractivity contribution in [3.05, 3.63) is 35.4 Å². The Morgan fingerprint density at radius 1 is 1.35 bits per heavy atom. The second-order valence-electron chi connectivity index (χ2n) is 5.16. The average Bonchev–Trinajstić information content (AvgIpc) is 2.84. The SMILES string of the molecule is Cc1ccc(CC(CN)CC2CCCO2)cc1. The second-order valence-corrected chi connectivity index (χ2v) is 5.16. The molecule has 1 aromatic rings. The molecule has 1 heterocycles. The Balaban J connectivity index is 1.87. The summed E-state index contributed by atoms with van der Waals surface area (Å²) in [6, 6.07) is 8.78. The van der Waals surface area contributed by atoms with Crippen molar-refractivity contribution in [1.82, 2.24) is 0 Å². The summed E-state index contributed by atoms with van der Waals surface area (Å²) in [5.41, 5.74) is 8.58. The first-order valence-electron chi connectivity index (χ1n) is 6.65. The molecule has 0 saturated carbocycles. The van der Waals surface area contributed by atoms with Crippen LogP contribution in [-0.2, 0) is 11.2 Å². The number of aryl methyl sites for hydroxylation is 1. The Labute approximate surface area is 104 Å². The molecule has 0 spiro atoms. The molecule has 1 fully saturated rings. The zero-order valence-corrected chi connectivity index (χ0v) is 10.7. The maximum absolute atomic E-state index is 5.87. The fraction of sp³-hybridized carbons (Fsp3) is 0.600. The quantitative estimate of drug-likeness (QED) is 0.848. The van der Waals surface area contributed by atoms with Gasteiger partial charge in [-0.2, -0.15) is 0 Å². The summed E-state index contributed by atoms with van der Waals surface area (Å²) in [5, 5.41) is 0. The third-order valence-corrected chi connectivity index (χ3v) is 3.60. The van der Waals surface area contributed by atoms with Gasteiger partial charge in [0.25, 0.3) is 0 Å². The van der Waals surface area contributed by atoms with Crippen LogP contribution >= 0.6 is 0 Å². The zero-order chi connectivity index (χ0) is 12.1. The molecule has 17 heavy (non-hydrogen) atoms. The first-order valence-corrected chi connectivity index (χ1v) is 6.65. The highest BCUT2D eigenvalue weighted by atomic mass is 16.5. The zero-order valence-electron chi connectivity index (χ0n) is 10.7. The lowest BCUT2D eigenvalue weighted by atomic mass is 9.92. The van der Waals surface area contributed by atoms with Crippen molar-refractivity contribution in [2.45, 2.75) is 38.7 Å². The van der Waals surface area contributed by atoms with Crippen molar-refractivity contribution in [2.75, 3.05) is 13.2 Å². The molecule has 0 aliphatic carbocycles. The molecule has 1 saturated heterocycles. The molecule has 2 N–H and O–H groups in total. The van der Waals surface area contributed by atoms with Crippen molar-refractivity contribution in [1.29, 1.82) is 0 Å². The van der Waals surface area contributed by atoms with Crippen LogP contribution in [0.5, 0.6) is 0 Å². The van der Waals surface area contributed by atoms with Gasteiger partial charge in [-0.15, -0.1) is 0 Å². The van der Waals surface area contributed by atoms with Gasteiger partial charge in [0.15, 0.2) is 0 Å². The number of ether oxygens (including phenoxy) is 1. The lowest BCUT2D eigenvalue weighted by molar-refractivity contribution is 0.0905. The molecule has 1 aromatic carbocycles. The van der Waals surface area contributed by atoms with E-state index < -0.39 is 0 Å². The van der Waals surface area contributed by atoms with Gasteiger partial charge in [0, 0.05) is 6.61 Å². The lowest BCUT2D eigenvalue weighted by Gasteiger charge is -2.18. The lowest BCUT2D eigenvalue weighted by Crippen LogP contribution is -2.22. The first kappa shape index (κ1) is 12.6. The van der Waals surface area contributed by atoms with Gasteiger partial charge in [-0.3, -0.25) is 0 Å². The van der Waals surface area contributed by atoms with Crippen molar-refractivity contribution >= 4 is 0 Å². The van der Waals surface area contributed by atoms with Crippen molar-refractivity contribution in [3.63, 3.8) is 0 Å². The second kappa shape index (κ2) is 6.18. The summed E-state index contributed by atoms with van der Waals surface area (Å²) in [6.45, 7) is 3.82. The molecule has 0 radical (unpaired) electrons. The highest BCUT2D eigenvalue weighted by Gasteiger charge is 2.20. The van der Waals surface area contributed by atoms with E-state index in [0.717, 1.165) is 26.0 Å². The number of rotatable bonds is 5. The van der Waals surface area contributed by atoms with Gasteiger partial charge in [-0.05, 0) is 50.6 Å². The van der Waals surface area contributed by atoms with E-state index in [1.165, 1.54) is 24.0 Å². The summed E-state index contributed by atoms with van der Waals surface area (Å²) >= 11 is 0. The summed E-state index contributed by atoms with van der Waals surface area (Å²) in [4.78, 5) is 0. The van der Waals surface area contributed by atoms with Crippen LogP contribution in [-0.4, -0.2) is 19.3 Å². The van der Waals surface area contributed by atoms with Gasteiger partial charge >= 0.3 is 0 Å². The van der Waals surface area contributed by atoms with Crippen LogP contribution in [0.2, 0.25) is 0 Å². The van der Waals surface area contributed by atoms with E-state index in [1.807, 2.05) is 0 Å². The van der Waals surface area contributed by atoms with Crippen molar-refractivity contribution < 1.29 is 4.74 Å². The maximum Gasteiger partial charge on any atom is 0.0579 e. The summed E-state index contributed by atoms with van der Waals surface area (Å²) < 4.78 is 5.69. The number of hydrogen-bond acceptors (Lipinski definition) is 2. The number of nitrogens with two attached hydrogens (primary N) is 1. The van der Waals surface area contributed by atoms with Crippen molar-refractivity contribution in [3.8, 4) is 0 Å². The van der Waals surface area contributed by atoms with E-state index in [9.17, 15) is 0 Å². The molecule has 1 aliphatic rings. The molecule has 2 atom stereocenters. The number of hydrogen-bond donors (Lipinski definition) is 1. The Kier molecular flexibility index (Phi) is 4.57. The van der Waals surface area contributed by atoms with Crippen LogP contribution in [0, 0.1) is 12.8 Å². The summed E-state index contributed by atoms with van der Waals surface area (Å²) in [5.74, 6) is 0.556. The van der Waals surface area contributed by atoms with E-state index in [1.54, 1.807) is 0 Å². The summed E-state index contributed by atoms with van der Waals surface area (Å²) in [6.07, 6.45) is 5.08. The molecule has 1 aliphatic heterocycles. The minimum absolute atomic E-state index is 0.453. The van der Waals surface area contributed by atoms with E-state index in [0.29, 0.717) is 12.0 Å². The van der Waals surface area contributed by atoms with Gasteiger partial charge in [0.1, 0.15) is 0 Å². The van der Waals surface area contributed by atoms with Crippen LogP contribution < -0.4 is 5.73 Å². The summed E-state index contributed by atoms with van der Waals surface area (Å²) in [7, 11) is 0. The Morgan fingerprint density at radius 3 is 2.71 bits per heavy atom. The van der Waals surface area contributed by atoms with Gasteiger partial charge in [-0.1, -0.05) is 29.8 Å². The monoisotopic (exact) mass is 233 g/mol. The topological polar surface area (TPSA) is 35.2 Å². The van der Waals surface area contributed by atoms with Crippen LogP contribution in [0.1, 0.15) is 30.4 Å². The highest BCUT2D eigenvalue weighted by molar-refractivity contribution is 5.21. The first-order chi connectivity index (χ1) is 8.28. The molecular weight excluding hydrogens is 210 g/mol. The normalized spacial score (nSPS) is 21.6. The molecular formula is C15H23NO. The molecule has 2 unspecified atom stereocenters. The molecule has 0 amide bonds. The number of benzene rings is 1. The van der Waals surface area contributed by atoms with Gasteiger partial charge in [0.05, 0.1) is 6.10 Å². The molecule has 0 bridgehead atoms. The molecule has 2 rings (SSSR count). The highest BCUT2D eigenvalue weighted by Crippen LogP contribution is 2.22. The molecule has 0 aromatic heterocycles. The Bertz CT molecular complexity index is 327. The maximum atomic E-state index is 5.87. The minimum atomic E-state index is 0.453. The van der Waals surface area contributed by atoms with E-state index in [2.05, 4.69) is 31.2 Å². The average molecular weight is 233 g/mol. The van der Waals surface area contributed by atoms with Crippen LogP contribution in [0.3, 0.4) is 0 Å². The Morgan fingerprint density at radius 2 is 2.12 bits per heavy atom. The standard InChI is InChI=1S/C15H23NO/c1-12-4-6-13(7-5-12)9-14(11-16)10-15-3-2-8-17-15/h4-7,14-15H,2-3,8-11,16H2,1H3. The van der Waals surface area contributed by atoms with E-state index >= 15 is 0 Å². The van der Waals surface area contributed by atoms with Gasteiger partial charge in [-0.25, -0.2) is 0 Å². The van der Waals surface area contributed by atoms with Crippen LogP contribution in [0.15, 0.2) is 24.3 Å². The van der Waals surface area contributed by atoms with Gasteiger partial charge in [0.2, 0.25) is 0 Å². The van der Waals surface area contributed by atoms with Crippen LogP contribution in [0.4, 0.5) is 0 Å². The Hall–Kier alpha value is -0.860. The van der Waals surface area contributed by atoms with E-state index in [-0.39, 0.29) is 0 Å². The van der Waals surface area contributed by atoms with Crippen LogP contribution in [0.25, 0.3) is 0 Å². The molecule has 94 valence electrons. The third-order valence-electron chi connectivity index (χ3n) is 3.60. The predicted octanol–water partition coefficient (Wildman–Crippen LogP) is 2.68. The third kappa shape index (κ3) is 3.83. The van der Waals surface area contributed by atoms with Gasteiger partial charge < -0.3 is 10.5 Å². The largest absolute Gasteiger partial charge is 0.378 e.